The molecule has 0 saturated carbocycles. The predicted molar refractivity (Wildman–Crippen MR) is 61.6 cm³/mol. The first kappa shape index (κ1) is 10.5. The molecule has 0 aromatic heterocycles. The van der Waals surface area contributed by atoms with Gasteiger partial charge in [-0.1, -0.05) is 0 Å². The van der Waals surface area contributed by atoms with E-state index >= 15 is 0 Å². The van der Waals surface area contributed by atoms with Gasteiger partial charge in [-0.15, -0.1) is 0 Å². The van der Waals surface area contributed by atoms with Gasteiger partial charge in [-0.25, -0.2) is 0 Å². The molecule has 72 valence electrons. The number of alkyl halides is 1. The molecule has 1 aromatic carbocycles. The Morgan fingerprint density at radius 2 is 1.85 bits per heavy atom. The third kappa shape index (κ3) is 3.34. The van der Waals surface area contributed by atoms with Crippen molar-refractivity contribution in [2.75, 3.05) is 4.93 Å². The molecule has 1 rings (SSSR count). The van der Waals surface area contributed by atoms with Crippen molar-refractivity contribution < 1.29 is 7.86 Å². The van der Waals surface area contributed by atoms with Crippen LogP contribution in [0.25, 0.3) is 0 Å². The Morgan fingerprint density at radius 1 is 1.31 bits per heavy atom. The van der Waals surface area contributed by atoms with Gasteiger partial charge in [0.25, 0.3) is 0 Å². The molecule has 0 bridgehead atoms. The van der Waals surface area contributed by atoms with Crippen LogP contribution in [0.4, 0.5) is 0 Å². The Balaban J connectivity index is 2.71. The summed E-state index contributed by atoms with van der Waals surface area (Å²) < 4.78 is 6.38. The standard InChI is InChI=1S/C10H13IO2/c1-8-4-6-10(7-5-8)11(3)13-9(2)12/h4-7H,1-3H3. The molecule has 0 amide bonds. The maximum atomic E-state index is 10.7. The van der Waals surface area contributed by atoms with Gasteiger partial charge >= 0.3 is 86.2 Å². The second-order valence-corrected chi connectivity index (χ2v) is 6.87. The summed E-state index contributed by atoms with van der Waals surface area (Å²) in [5.74, 6) is -0.173. The van der Waals surface area contributed by atoms with Gasteiger partial charge in [-0.3, -0.25) is 0 Å². The Labute approximate surface area is 86.2 Å². The first-order valence-electron chi connectivity index (χ1n) is 3.95. The molecule has 0 radical (unpaired) electrons. The van der Waals surface area contributed by atoms with Crippen molar-refractivity contribution in [2.45, 2.75) is 13.8 Å². The first-order valence-corrected chi connectivity index (χ1v) is 8.07. The fourth-order valence-electron chi connectivity index (χ4n) is 0.918. The van der Waals surface area contributed by atoms with Crippen molar-refractivity contribution in [1.82, 2.24) is 0 Å². The molecule has 0 aliphatic carbocycles. The summed E-state index contributed by atoms with van der Waals surface area (Å²) >= 11 is -1.66. The zero-order chi connectivity index (χ0) is 9.84. The van der Waals surface area contributed by atoms with E-state index in [1.807, 2.05) is 36.1 Å². The molecule has 0 atom stereocenters. The summed E-state index contributed by atoms with van der Waals surface area (Å²) in [5.41, 5.74) is 1.23. The maximum absolute atomic E-state index is 10.7. The van der Waals surface area contributed by atoms with E-state index in [1.54, 1.807) is 0 Å². The number of carbonyl (C=O) groups is 1. The van der Waals surface area contributed by atoms with Crippen LogP contribution in [0.15, 0.2) is 24.3 Å². The summed E-state index contributed by atoms with van der Waals surface area (Å²) in [7, 11) is 0. The molecule has 0 spiro atoms. The van der Waals surface area contributed by atoms with E-state index in [1.165, 1.54) is 16.1 Å². The molecule has 2 nitrogen and oxygen atoms in total. The van der Waals surface area contributed by atoms with E-state index in [9.17, 15) is 4.79 Å². The summed E-state index contributed by atoms with van der Waals surface area (Å²) in [5, 5.41) is 0. The molecule has 0 heterocycles. The zero-order valence-electron chi connectivity index (χ0n) is 8.00. The van der Waals surface area contributed by atoms with Gasteiger partial charge in [-0.05, 0) is 0 Å². The van der Waals surface area contributed by atoms with Crippen LogP contribution in [0.5, 0.6) is 0 Å². The third-order valence-corrected chi connectivity index (χ3v) is 5.30. The number of halogens is 1. The van der Waals surface area contributed by atoms with Crippen molar-refractivity contribution in [3.05, 3.63) is 33.4 Å². The Bertz CT molecular complexity index is 292. The number of hydrogen-bond donors (Lipinski definition) is 0. The Morgan fingerprint density at radius 3 is 2.31 bits per heavy atom. The molecule has 0 N–H and O–H groups in total. The SMILES string of the molecule is CC(=O)OI(C)c1ccc(C)cc1. The van der Waals surface area contributed by atoms with Crippen LogP contribution < -0.4 is 0 Å². The molecule has 0 fully saturated rings. The Kier molecular flexibility index (Phi) is 3.71. The average Bonchev–Trinajstić information content (AvgIpc) is 2.04. The molecule has 13 heavy (non-hydrogen) atoms. The van der Waals surface area contributed by atoms with Gasteiger partial charge in [0.2, 0.25) is 0 Å². The molecule has 0 saturated heterocycles. The minimum absolute atomic E-state index is 0.173. The summed E-state index contributed by atoms with van der Waals surface area (Å²) in [6.45, 7) is 3.51. The van der Waals surface area contributed by atoms with Gasteiger partial charge in [-0.2, -0.15) is 0 Å². The number of hydrogen-bond acceptors (Lipinski definition) is 2. The summed E-state index contributed by atoms with van der Waals surface area (Å²) in [6.07, 6.45) is 0. The van der Waals surface area contributed by atoms with Crippen molar-refractivity contribution in [2.24, 2.45) is 0 Å². The molecular weight excluding hydrogens is 279 g/mol. The zero-order valence-corrected chi connectivity index (χ0v) is 10.2. The van der Waals surface area contributed by atoms with Crippen molar-refractivity contribution >= 4 is 26.2 Å². The molecular formula is C10H13IO2. The van der Waals surface area contributed by atoms with Gasteiger partial charge in [0.15, 0.2) is 0 Å². The van der Waals surface area contributed by atoms with Crippen molar-refractivity contribution in [1.29, 1.82) is 0 Å². The van der Waals surface area contributed by atoms with Gasteiger partial charge in [0.05, 0.1) is 0 Å². The van der Waals surface area contributed by atoms with Crippen LogP contribution in [0.2, 0.25) is 0 Å². The van der Waals surface area contributed by atoms with Crippen LogP contribution in [-0.2, 0) is 7.86 Å². The number of aryl methyl sites for hydroxylation is 1. The van der Waals surface area contributed by atoms with Crippen molar-refractivity contribution in [3.8, 4) is 0 Å². The summed E-state index contributed by atoms with van der Waals surface area (Å²) in [4.78, 5) is 12.7. The Hall–Kier alpha value is -0.580. The van der Waals surface area contributed by atoms with Crippen LogP contribution >= 0.6 is 20.2 Å². The van der Waals surface area contributed by atoms with E-state index in [-0.39, 0.29) is 5.97 Å². The molecule has 1 aromatic rings. The van der Waals surface area contributed by atoms with Crippen molar-refractivity contribution in [3.63, 3.8) is 0 Å². The van der Waals surface area contributed by atoms with Gasteiger partial charge < -0.3 is 0 Å². The molecule has 0 unspecified atom stereocenters. The molecule has 0 aliphatic rings. The van der Waals surface area contributed by atoms with E-state index in [0.29, 0.717) is 0 Å². The second kappa shape index (κ2) is 4.60. The number of carbonyl (C=O) groups excluding carboxylic acids is 1. The number of benzene rings is 1. The van der Waals surface area contributed by atoms with E-state index in [2.05, 4.69) is 0 Å². The van der Waals surface area contributed by atoms with E-state index < -0.39 is 20.2 Å². The van der Waals surface area contributed by atoms with Gasteiger partial charge in [0.1, 0.15) is 0 Å². The van der Waals surface area contributed by atoms with Crippen LogP contribution in [0.1, 0.15) is 12.5 Å². The number of rotatable bonds is 2. The first-order chi connectivity index (χ1) is 6.09. The minimum atomic E-state index is -1.66. The summed E-state index contributed by atoms with van der Waals surface area (Å²) in [6, 6.07) is 8.19. The predicted octanol–water partition coefficient (Wildman–Crippen LogP) is 2.78. The molecule has 0 aliphatic heterocycles. The van der Waals surface area contributed by atoms with Crippen LogP contribution in [-0.4, -0.2) is 10.9 Å². The fraction of sp³-hybridized carbons (Fsp3) is 0.300. The van der Waals surface area contributed by atoms with Crippen LogP contribution in [0.3, 0.4) is 0 Å². The second-order valence-electron chi connectivity index (χ2n) is 2.78. The van der Waals surface area contributed by atoms with E-state index in [4.69, 9.17) is 3.07 Å². The third-order valence-electron chi connectivity index (χ3n) is 1.54. The monoisotopic (exact) mass is 292 g/mol. The topological polar surface area (TPSA) is 26.3 Å². The van der Waals surface area contributed by atoms with E-state index in [0.717, 1.165) is 0 Å². The fourth-order valence-corrected chi connectivity index (χ4v) is 3.48. The molecule has 3 heteroatoms. The average molecular weight is 292 g/mol. The van der Waals surface area contributed by atoms with Gasteiger partial charge in [0, 0.05) is 0 Å². The quantitative estimate of drug-likeness (QED) is 0.619. The normalized spacial score (nSPS) is 10.8. The van der Waals surface area contributed by atoms with Crippen LogP contribution in [0, 0.1) is 10.5 Å².